The van der Waals surface area contributed by atoms with E-state index in [2.05, 4.69) is 17.2 Å². The predicted octanol–water partition coefficient (Wildman–Crippen LogP) is 3.56. The minimum absolute atomic E-state index is 0.0594. The fourth-order valence-electron chi connectivity index (χ4n) is 2.00. The van der Waals surface area contributed by atoms with Crippen LogP contribution in [0.15, 0.2) is 79.5 Å². The molecule has 0 amide bonds. The maximum absolute atomic E-state index is 12.8. The Labute approximate surface area is 141 Å². The van der Waals surface area contributed by atoms with Gasteiger partial charge < -0.3 is 10.6 Å². The number of Topliss-reactive ketones (excluding diaryl/α,β-unsaturated/α-hetero) is 1. The summed E-state index contributed by atoms with van der Waals surface area (Å²) in [6.45, 7) is 4.19. The van der Waals surface area contributed by atoms with Crippen LogP contribution < -0.4 is 10.6 Å². The zero-order valence-corrected chi connectivity index (χ0v) is 13.5. The number of ketones is 1. The van der Waals surface area contributed by atoms with Crippen LogP contribution in [-0.2, 0) is 0 Å². The lowest BCUT2D eigenvalue weighted by Gasteiger charge is -2.10. The summed E-state index contributed by atoms with van der Waals surface area (Å²) in [5, 5.41) is 6.36. The van der Waals surface area contributed by atoms with Crippen LogP contribution in [0.4, 0.5) is 0 Å². The average molecular weight is 322 g/mol. The van der Waals surface area contributed by atoms with Gasteiger partial charge in [-0.25, -0.2) is 0 Å². The SMILES string of the molecule is C=CCNC(=S)N/C=C(\C(=O)c1ccccc1)c1ccccc1. The maximum Gasteiger partial charge on any atom is 0.195 e. The largest absolute Gasteiger partial charge is 0.359 e. The molecule has 3 nitrogen and oxygen atoms in total. The first-order valence-corrected chi connectivity index (χ1v) is 7.64. The first-order valence-electron chi connectivity index (χ1n) is 7.23. The molecule has 0 spiro atoms. The van der Waals surface area contributed by atoms with E-state index in [1.165, 1.54) is 0 Å². The molecule has 0 unspecified atom stereocenters. The number of hydrogen-bond acceptors (Lipinski definition) is 2. The van der Waals surface area contributed by atoms with Gasteiger partial charge >= 0.3 is 0 Å². The summed E-state index contributed by atoms with van der Waals surface area (Å²) in [5.41, 5.74) is 2.02. The van der Waals surface area contributed by atoms with Gasteiger partial charge in [-0.15, -0.1) is 6.58 Å². The van der Waals surface area contributed by atoms with E-state index in [0.29, 0.717) is 22.8 Å². The molecule has 0 fully saturated rings. The Kier molecular flexibility index (Phi) is 6.27. The molecule has 0 radical (unpaired) electrons. The summed E-state index contributed by atoms with van der Waals surface area (Å²) >= 11 is 5.17. The molecule has 0 aliphatic carbocycles. The molecule has 0 bridgehead atoms. The van der Waals surface area contributed by atoms with Crippen molar-refractivity contribution in [1.82, 2.24) is 10.6 Å². The molecular formula is C19H18N2OS. The number of carbonyl (C=O) groups excluding carboxylic acids is 1. The zero-order chi connectivity index (χ0) is 16.5. The number of thiocarbonyl (C=S) groups is 1. The second-order valence-electron chi connectivity index (χ2n) is 4.76. The number of hydrogen-bond donors (Lipinski definition) is 2. The summed E-state index contributed by atoms with van der Waals surface area (Å²) in [4.78, 5) is 12.8. The standard InChI is InChI=1S/C19H18N2OS/c1-2-13-20-19(23)21-14-17(15-9-5-3-6-10-15)18(22)16-11-7-4-8-12-16/h2-12,14H,1,13H2,(H2,20,21,23)/b17-14-. The van der Waals surface area contributed by atoms with Gasteiger partial charge in [0.25, 0.3) is 0 Å². The highest BCUT2D eigenvalue weighted by Gasteiger charge is 2.14. The van der Waals surface area contributed by atoms with Gasteiger partial charge in [-0.3, -0.25) is 4.79 Å². The molecule has 2 aromatic carbocycles. The van der Waals surface area contributed by atoms with Gasteiger partial charge in [0.2, 0.25) is 0 Å². The van der Waals surface area contributed by atoms with Crippen molar-refractivity contribution < 1.29 is 4.79 Å². The number of carbonyl (C=O) groups is 1. The van der Waals surface area contributed by atoms with E-state index in [4.69, 9.17) is 12.2 Å². The number of nitrogens with one attached hydrogen (secondary N) is 2. The molecule has 0 aliphatic heterocycles. The molecular weight excluding hydrogens is 304 g/mol. The van der Waals surface area contributed by atoms with E-state index in [-0.39, 0.29) is 5.78 Å². The Hall–Kier alpha value is -2.72. The van der Waals surface area contributed by atoms with Crippen molar-refractivity contribution in [1.29, 1.82) is 0 Å². The third kappa shape index (κ3) is 4.90. The molecule has 0 aliphatic rings. The van der Waals surface area contributed by atoms with Gasteiger partial charge in [-0.1, -0.05) is 66.7 Å². The second kappa shape index (κ2) is 8.66. The monoisotopic (exact) mass is 322 g/mol. The Morgan fingerprint density at radius 3 is 2.13 bits per heavy atom. The summed E-state index contributed by atoms with van der Waals surface area (Å²) in [5.74, 6) is -0.0594. The second-order valence-corrected chi connectivity index (χ2v) is 5.17. The van der Waals surface area contributed by atoms with E-state index >= 15 is 0 Å². The molecule has 116 valence electrons. The third-order valence-corrected chi connectivity index (χ3v) is 3.38. The van der Waals surface area contributed by atoms with Crippen LogP contribution in [0, 0.1) is 0 Å². The third-order valence-electron chi connectivity index (χ3n) is 3.12. The number of benzene rings is 2. The Morgan fingerprint density at radius 2 is 1.57 bits per heavy atom. The Balaban J connectivity index is 2.27. The van der Waals surface area contributed by atoms with Crippen molar-refractivity contribution >= 4 is 28.7 Å². The van der Waals surface area contributed by atoms with Gasteiger partial charge in [-0.05, 0) is 17.8 Å². The highest BCUT2D eigenvalue weighted by Crippen LogP contribution is 2.19. The summed E-state index contributed by atoms with van der Waals surface area (Å²) in [6.07, 6.45) is 3.36. The summed E-state index contributed by atoms with van der Waals surface area (Å²) in [7, 11) is 0. The molecule has 2 aromatic rings. The number of allylic oxidation sites excluding steroid dienone is 1. The highest BCUT2D eigenvalue weighted by molar-refractivity contribution is 7.80. The van der Waals surface area contributed by atoms with Crippen LogP contribution in [-0.4, -0.2) is 17.4 Å². The maximum atomic E-state index is 12.8. The molecule has 2 N–H and O–H groups in total. The van der Waals surface area contributed by atoms with Crippen LogP contribution >= 0.6 is 12.2 Å². The van der Waals surface area contributed by atoms with Gasteiger partial charge in [0.05, 0.1) is 0 Å². The molecule has 23 heavy (non-hydrogen) atoms. The topological polar surface area (TPSA) is 41.1 Å². The van der Waals surface area contributed by atoms with Gasteiger partial charge in [0, 0.05) is 23.9 Å². The van der Waals surface area contributed by atoms with Crippen molar-refractivity contribution in [3.63, 3.8) is 0 Å². The minimum Gasteiger partial charge on any atom is -0.359 e. The molecule has 0 heterocycles. The molecule has 0 aromatic heterocycles. The zero-order valence-electron chi connectivity index (χ0n) is 12.7. The fourth-order valence-corrected chi connectivity index (χ4v) is 2.14. The van der Waals surface area contributed by atoms with Gasteiger partial charge in [0.15, 0.2) is 10.9 Å². The minimum atomic E-state index is -0.0594. The van der Waals surface area contributed by atoms with Crippen LogP contribution in [0.3, 0.4) is 0 Å². The lowest BCUT2D eigenvalue weighted by atomic mass is 9.98. The van der Waals surface area contributed by atoms with Crippen LogP contribution in [0.5, 0.6) is 0 Å². The van der Waals surface area contributed by atoms with E-state index in [1.54, 1.807) is 24.4 Å². The fraction of sp³-hybridized carbons (Fsp3) is 0.0526. The number of rotatable bonds is 6. The lowest BCUT2D eigenvalue weighted by Crippen LogP contribution is -2.32. The van der Waals surface area contributed by atoms with E-state index in [1.807, 2.05) is 48.5 Å². The van der Waals surface area contributed by atoms with Gasteiger partial charge in [-0.2, -0.15) is 0 Å². The van der Waals surface area contributed by atoms with Crippen LogP contribution in [0.25, 0.3) is 5.57 Å². The smallest absolute Gasteiger partial charge is 0.195 e. The van der Waals surface area contributed by atoms with Crippen molar-refractivity contribution in [2.45, 2.75) is 0 Å². The molecule has 4 heteroatoms. The Morgan fingerprint density at radius 1 is 1.00 bits per heavy atom. The van der Waals surface area contributed by atoms with Crippen molar-refractivity contribution in [2.24, 2.45) is 0 Å². The quantitative estimate of drug-likeness (QED) is 0.369. The normalized spacial score (nSPS) is 10.7. The van der Waals surface area contributed by atoms with Crippen molar-refractivity contribution in [2.75, 3.05) is 6.54 Å². The van der Waals surface area contributed by atoms with E-state index in [9.17, 15) is 4.79 Å². The average Bonchev–Trinajstić information content (AvgIpc) is 2.61. The summed E-state index contributed by atoms with van der Waals surface area (Å²) in [6, 6.07) is 18.7. The first-order chi connectivity index (χ1) is 11.2. The van der Waals surface area contributed by atoms with Crippen molar-refractivity contribution in [3.05, 3.63) is 90.6 Å². The Bertz CT molecular complexity index is 709. The molecule has 0 saturated carbocycles. The molecule has 0 saturated heterocycles. The van der Waals surface area contributed by atoms with Crippen LogP contribution in [0.1, 0.15) is 15.9 Å². The van der Waals surface area contributed by atoms with E-state index < -0.39 is 0 Å². The van der Waals surface area contributed by atoms with Gasteiger partial charge in [0.1, 0.15) is 0 Å². The van der Waals surface area contributed by atoms with Crippen LogP contribution in [0.2, 0.25) is 0 Å². The lowest BCUT2D eigenvalue weighted by molar-refractivity contribution is 0.105. The summed E-state index contributed by atoms with van der Waals surface area (Å²) < 4.78 is 0. The first kappa shape index (κ1) is 16.6. The highest BCUT2D eigenvalue weighted by atomic mass is 32.1. The molecule has 2 rings (SSSR count). The van der Waals surface area contributed by atoms with Crippen molar-refractivity contribution in [3.8, 4) is 0 Å². The molecule has 0 atom stereocenters. The van der Waals surface area contributed by atoms with E-state index in [0.717, 1.165) is 5.56 Å². The predicted molar refractivity (Wildman–Crippen MR) is 99.1 cm³/mol.